The molecule has 0 fully saturated rings. The zero-order chi connectivity index (χ0) is 21.1. The summed E-state index contributed by atoms with van der Waals surface area (Å²) in [5, 5.41) is 0.169. The summed E-state index contributed by atoms with van der Waals surface area (Å²) in [6, 6.07) is 19.3. The Labute approximate surface area is 180 Å². The first kappa shape index (κ1) is 20.1. The molecule has 0 aliphatic heterocycles. The fraction of sp³-hybridized carbons (Fsp3) is 0.0909. The van der Waals surface area contributed by atoms with Crippen LogP contribution in [-0.2, 0) is 16.4 Å². The van der Waals surface area contributed by atoms with Crippen LogP contribution in [0.3, 0.4) is 0 Å². The second kappa shape index (κ2) is 8.30. The highest BCUT2D eigenvalue weighted by Crippen LogP contribution is 2.33. The van der Waals surface area contributed by atoms with Gasteiger partial charge in [-0.1, -0.05) is 37.3 Å². The van der Waals surface area contributed by atoms with Gasteiger partial charge < -0.3 is 4.98 Å². The first-order chi connectivity index (χ1) is 14.5. The summed E-state index contributed by atoms with van der Waals surface area (Å²) in [6.07, 6.45) is 2.42. The van der Waals surface area contributed by atoms with Crippen molar-refractivity contribution in [2.45, 2.75) is 18.2 Å². The lowest BCUT2D eigenvalue weighted by Gasteiger charge is -2.10. The van der Waals surface area contributed by atoms with Crippen molar-refractivity contribution in [1.82, 2.24) is 15.0 Å². The van der Waals surface area contributed by atoms with Gasteiger partial charge in [-0.15, -0.1) is 0 Å². The van der Waals surface area contributed by atoms with E-state index in [1.54, 1.807) is 60.8 Å². The Kier molecular flexibility index (Phi) is 5.57. The average Bonchev–Trinajstić information content (AvgIpc) is 3.19. The summed E-state index contributed by atoms with van der Waals surface area (Å²) < 4.78 is 28.0. The third-order valence-electron chi connectivity index (χ3n) is 4.61. The fourth-order valence-electron chi connectivity index (χ4n) is 3.17. The molecule has 2 aromatic heterocycles. The van der Waals surface area contributed by atoms with Crippen molar-refractivity contribution in [3.05, 3.63) is 83.9 Å². The molecule has 0 bridgehead atoms. The number of benzene rings is 2. The highest BCUT2D eigenvalue weighted by molar-refractivity contribution is 7.92. The van der Waals surface area contributed by atoms with Crippen LogP contribution in [-0.4, -0.2) is 23.4 Å². The highest BCUT2D eigenvalue weighted by Gasteiger charge is 2.16. The fourth-order valence-corrected chi connectivity index (χ4v) is 4.39. The number of aromatic amines is 1. The largest absolute Gasteiger partial charge is 0.358 e. The van der Waals surface area contributed by atoms with Crippen molar-refractivity contribution < 1.29 is 8.42 Å². The van der Waals surface area contributed by atoms with Gasteiger partial charge in [-0.25, -0.2) is 18.4 Å². The summed E-state index contributed by atoms with van der Waals surface area (Å²) in [5.74, 6) is 0. The molecule has 0 atom stereocenters. The first-order valence-electron chi connectivity index (χ1n) is 9.35. The van der Waals surface area contributed by atoms with Crippen molar-refractivity contribution in [2.75, 3.05) is 4.72 Å². The number of sulfonamides is 1. The molecule has 0 aliphatic carbocycles. The smallest absolute Gasteiger partial charge is 0.261 e. The van der Waals surface area contributed by atoms with Crippen LogP contribution in [0, 0.1) is 0 Å². The van der Waals surface area contributed by atoms with E-state index < -0.39 is 10.0 Å². The van der Waals surface area contributed by atoms with Crippen LogP contribution in [0.2, 0.25) is 5.28 Å². The summed E-state index contributed by atoms with van der Waals surface area (Å²) in [6.45, 7) is 2.05. The average molecular weight is 439 g/mol. The molecule has 4 aromatic rings. The molecule has 0 unspecified atom stereocenters. The minimum absolute atomic E-state index is 0.169. The Morgan fingerprint density at radius 3 is 2.57 bits per heavy atom. The molecule has 0 spiro atoms. The molecular weight excluding hydrogens is 420 g/mol. The molecule has 152 valence electrons. The zero-order valence-corrected chi connectivity index (χ0v) is 17.7. The number of hydrogen-bond donors (Lipinski definition) is 2. The second-order valence-corrected chi connectivity index (χ2v) is 8.67. The standard InChI is InChI=1S/C22H19ClN4O2S/c1-2-16-14-19(20-11-12-24-22(23)26-20)21(25-16)15-7-6-8-17(13-15)27-30(28,29)18-9-4-3-5-10-18/h3-14,25,27H,2H2,1H3. The lowest BCUT2D eigenvalue weighted by Crippen LogP contribution is -2.12. The summed E-state index contributed by atoms with van der Waals surface area (Å²) >= 11 is 5.98. The van der Waals surface area contributed by atoms with Crippen molar-refractivity contribution in [3.63, 3.8) is 0 Å². The van der Waals surface area contributed by atoms with Gasteiger partial charge in [0, 0.05) is 28.7 Å². The quantitative estimate of drug-likeness (QED) is 0.407. The minimum atomic E-state index is -3.68. The molecule has 4 rings (SSSR count). The molecule has 0 amide bonds. The number of aromatic nitrogens is 3. The Morgan fingerprint density at radius 1 is 1.03 bits per heavy atom. The van der Waals surface area contributed by atoms with E-state index in [0.717, 1.165) is 28.9 Å². The molecule has 2 aromatic carbocycles. The first-order valence-corrected chi connectivity index (χ1v) is 11.2. The van der Waals surface area contributed by atoms with E-state index >= 15 is 0 Å². The minimum Gasteiger partial charge on any atom is -0.358 e. The van der Waals surface area contributed by atoms with Gasteiger partial charge in [0.25, 0.3) is 10.0 Å². The van der Waals surface area contributed by atoms with E-state index in [2.05, 4.69) is 26.6 Å². The van der Waals surface area contributed by atoms with Crippen molar-refractivity contribution >= 4 is 27.3 Å². The van der Waals surface area contributed by atoms with Crippen LogP contribution in [0.15, 0.2) is 77.8 Å². The SMILES string of the molecule is CCc1cc(-c2ccnc(Cl)n2)c(-c2cccc(NS(=O)(=O)c3ccccc3)c2)[nH]1. The molecular formula is C22H19ClN4O2S. The van der Waals surface area contributed by atoms with Crippen LogP contribution >= 0.6 is 11.6 Å². The molecule has 0 saturated carbocycles. The van der Waals surface area contributed by atoms with Gasteiger partial charge in [-0.2, -0.15) is 0 Å². The summed E-state index contributed by atoms with van der Waals surface area (Å²) in [4.78, 5) is 11.9. The van der Waals surface area contributed by atoms with Gasteiger partial charge in [0.2, 0.25) is 5.28 Å². The molecule has 0 saturated heterocycles. The maximum absolute atomic E-state index is 12.7. The molecule has 30 heavy (non-hydrogen) atoms. The molecule has 2 heterocycles. The molecule has 0 radical (unpaired) electrons. The van der Waals surface area contributed by atoms with Gasteiger partial charge in [-0.05, 0) is 54.4 Å². The number of rotatable bonds is 6. The second-order valence-electron chi connectivity index (χ2n) is 6.65. The predicted octanol–water partition coefficient (Wildman–Crippen LogP) is 5.16. The lowest BCUT2D eigenvalue weighted by molar-refractivity contribution is 0.601. The number of halogens is 1. The van der Waals surface area contributed by atoms with Crippen molar-refractivity contribution in [2.24, 2.45) is 0 Å². The number of hydrogen-bond acceptors (Lipinski definition) is 4. The molecule has 0 aliphatic rings. The van der Waals surface area contributed by atoms with E-state index in [0.29, 0.717) is 11.4 Å². The van der Waals surface area contributed by atoms with Crippen LogP contribution in [0.5, 0.6) is 0 Å². The van der Waals surface area contributed by atoms with Crippen LogP contribution in [0.25, 0.3) is 22.5 Å². The third kappa shape index (κ3) is 4.22. The Hall–Kier alpha value is -3.16. The van der Waals surface area contributed by atoms with Gasteiger partial charge in [0.05, 0.1) is 16.3 Å². The van der Waals surface area contributed by atoms with Crippen molar-refractivity contribution in [1.29, 1.82) is 0 Å². The Bertz CT molecular complexity index is 1290. The number of nitrogens with zero attached hydrogens (tertiary/aromatic N) is 2. The van der Waals surface area contributed by atoms with E-state index in [9.17, 15) is 8.42 Å². The molecule has 6 nitrogen and oxygen atoms in total. The van der Waals surface area contributed by atoms with Crippen LogP contribution < -0.4 is 4.72 Å². The monoisotopic (exact) mass is 438 g/mol. The maximum Gasteiger partial charge on any atom is 0.261 e. The topological polar surface area (TPSA) is 87.7 Å². The normalized spacial score (nSPS) is 11.4. The van der Waals surface area contributed by atoms with E-state index in [4.69, 9.17) is 11.6 Å². The van der Waals surface area contributed by atoms with Gasteiger partial charge in [-0.3, -0.25) is 4.72 Å². The number of aryl methyl sites for hydroxylation is 1. The maximum atomic E-state index is 12.7. The van der Waals surface area contributed by atoms with Gasteiger partial charge in [0.15, 0.2) is 0 Å². The summed E-state index contributed by atoms with van der Waals surface area (Å²) in [7, 11) is -3.68. The number of H-pyrrole nitrogens is 1. The highest BCUT2D eigenvalue weighted by atomic mass is 35.5. The van der Waals surface area contributed by atoms with Crippen LogP contribution in [0.4, 0.5) is 5.69 Å². The van der Waals surface area contributed by atoms with E-state index in [1.807, 2.05) is 12.1 Å². The predicted molar refractivity (Wildman–Crippen MR) is 119 cm³/mol. The Balaban J connectivity index is 1.74. The van der Waals surface area contributed by atoms with Crippen LogP contribution in [0.1, 0.15) is 12.6 Å². The van der Waals surface area contributed by atoms with E-state index in [1.165, 1.54) is 0 Å². The zero-order valence-electron chi connectivity index (χ0n) is 16.1. The van der Waals surface area contributed by atoms with Gasteiger partial charge >= 0.3 is 0 Å². The third-order valence-corrected chi connectivity index (χ3v) is 6.19. The lowest BCUT2D eigenvalue weighted by atomic mass is 10.0. The Morgan fingerprint density at radius 2 is 1.83 bits per heavy atom. The number of nitrogens with one attached hydrogen (secondary N) is 2. The number of anilines is 1. The van der Waals surface area contributed by atoms with Gasteiger partial charge in [0.1, 0.15) is 0 Å². The molecule has 2 N–H and O–H groups in total. The molecule has 8 heteroatoms. The van der Waals surface area contributed by atoms with Crippen molar-refractivity contribution in [3.8, 4) is 22.5 Å². The van der Waals surface area contributed by atoms with E-state index in [-0.39, 0.29) is 10.2 Å². The summed E-state index contributed by atoms with van der Waals surface area (Å²) in [5.41, 5.74) is 4.73.